The predicted octanol–water partition coefficient (Wildman–Crippen LogP) is 3.29. The maximum Gasteiger partial charge on any atom is 0.322 e. The Bertz CT molecular complexity index is 1650. The number of amides is 4. The van der Waals surface area contributed by atoms with Crippen LogP contribution in [0.15, 0.2) is 12.5 Å². The van der Waals surface area contributed by atoms with E-state index in [2.05, 4.69) is 43.5 Å². The lowest BCUT2D eigenvalue weighted by molar-refractivity contribution is -0.144. The average Bonchev–Trinajstić information content (AvgIpc) is 3.88. The Morgan fingerprint density at radius 3 is 1.67 bits per heavy atom. The quantitative estimate of drug-likeness (QED) is 0.0423. The van der Waals surface area contributed by atoms with Crippen molar-refractivity contribution in [1.82, 2.24) is 36.6 Å². The maximum atomic E-state index is 12.6. The van der Waals surface area contributed by atoms with Crippen molar-refractivity contribution in [2.45, 2.75) is 167 Å². The van der Waals surface area contributed by atoms with Crippen LogP contribution in [0.5, 0.6) is 0 Å². The predicted molar refractivity (Wildman–Crippen MR) is 273 cm³/mol. The second-order valence-electron chi connectivity index (χ2n) is 18.3. The van der Waals surface area contributed by atoms with Gasteiger partial charge in [-0.05, 0) is 32.1 Å². The molecule has 0 aliphatic rings. The van der Waals surface area contributed by atoms with Gasteiger partial charge in [0.1, 0.15) is 25.5 Å². The van der Waals surface area contributed by atoms with Gasteiger partial charge in [0.05, 0.1) is 70.5 Å². The van der Waals surface area contributed by atoms with E-state index < -0.39 is 42.4 Å². The van der Waals surface area contributed by atoms with Crippen molar-refractivity contribution in [3.63, 3.8) is 0 Å². The standard InChI is InChI=1S/C51H90N8O14/c1-2-3-4-5-6-7-8-9-10-11-12-13-14-15-16-19-42(60)32-40(51(68)69)21-22-46(62)55-24-26-70-28-31-73-38-48(64)56-25-27-71-29-30-72-37-47(63)54-23-18-17-20-44(50(67)58-36-49(65)66)57-35-45(61)43(52)33-41-34-53-39-59-41/h34,39-40,43-44,57H,2-33,35-38,52H2,1H3,(H,53,59)(H,54,63)(H,55,62)(H,56,64)(H,58,67)(H,65,66)(H,68,69)/t40-,43+,44+/m1/s1. The normalized spacial score (nSPS) is 12.4. The number of nitrogens with zero attached hydrogens (tertiary/aromatic N) is 1. The van der Waals surface area contributed by atoms with Crippen molar-refractivity contribution >= 4 is 47.1 Å². The number of hydrogen-bond donors (Lipinski definition) is 9. The summed E-state index contributed by atoms with van der Waals surface area (Å²) in [5.41, 5.74) is 6.67. The number of ether oxygens (including phenoxy) is 4. The number of aromatic amines is 1. The third kappa shape index (κ3) is 40.2. The number of rotatable bonds is 52. The molecule has 0 aliphatic heterocycles. The van der Waals surface area contributed by atoms with E-state index in [1.807, 2.05) is 0 Å². The zero-order chi connectivity index (χ0) is 53.6. The number of H-pyrrole nitrogens is 1. The highest BCUT2D eigenvalue weighted by Gasteiger charge is 2.23. The molecule has 22 heteroatoms. The molecule has 0 spiro atoms. The van der Waals surface area contributed by atoms with E-state index in [4.69, 9.17) is 29.8 Å². The van der Waals surface area contributed by atoms with E-state index in [1.54, 1.807) is 6.20 Å². The van der Waals surface area contributed by atoms with Gasteiger partial charge in [0.15, 0.2) is 5.78 Å². The van der Waals surface area contributed by atoms with Crippen LogP contribution in [0, 0.1) is 5.92 Å². The number of carbonyl (C=O) groups is 8. The van der Waals surface area contributed by atoms with Crippen LogP contribution in [0.3, 0.4) is 0 Å². The number of carboxylic acid groups (broad SMARTS) is 2. The fourth-order valence-corrected chi connectivity index (χ4v) is 7.59. The summed E-state index contributed by atoms with van der Waals surface area (Å²) >= 11 is 0. The van der Waals surface area contributed by atoms with Crippen LogP contribution in [-0.4, -0.2) is 165 Å². The van der Waals surface area contributed by atoms with Crippen molar-refractivity contribution in [3.8, 4) is 0 Å². The number of carboxylic acids is 2. The lowest BCUT2D eigenvalue weighted by Crippen LogP contribution is -2.49. The number of imidazole rings is 1. The minimum absolute atomic E-state index is 0.00548. The molecule has 0 bridgehead atoms. The van der Waals surface area contributed by atoms with Gasteiger partial charge in [-0.3, -0.25) is 43.7 Å². The van der Waals surface area contributed by atoms with Crippen molar-refractivity contribution in [3.05, 3.63) is 18.2 Å². The third-order valence-electron chi connectivity index (χ3n) is 11.9. The number of hydrogen-bond acceptors (Lipinski definition) is 15. The molecule has 0 radical (unpaired) electrons. The summed E-state index contributed by atoms with van der Waals surface area (Å²) in [5, 5.41) is 31.8. The molecule has 3 atom stereocenters. The first kappa shape index (κ1) is 66.1. The minimum Gasteiger partial charge on any atom is -0.481 e. The lowest BCUT2D eigenvalue weighted by atomic mass is 9.94. The largest absolute Gasteiger partial charge is 0.481 e. The van der Waals surface area contributed by atoms with Crippen molar-refractivity contribution < 1.29 is 67.5 Å². The summed E-state index contributed by atoms with van der Waals surface area (Å²) in [6.07, 6.45) is 23.5. The molecule has 10 N–H and O–H groups in total. The maximum absolute atomic E-state index is 12.6. The zero-order valence-electron chi connectivity index (χ0n) is 43.7. The molecule has 4 amide bonds. The molecule has 73 heavy (non-hydrogen) atoms. The number of Topliss-reactive ketones (excluding diaryl/α,β-unsaturated/α-hetero) is 2. The molecular formula is C51H90N8O14. The molecule has 1 aromatic heterocycles. The van der Waals surface area contributed by atoms with Crippen LogP contribution < -0.4 is 32.3 Å². The fourth-order valence-electron chi connectivity index (χ4n) is 7.59. The van der Waals surface area contributed by atoms with Crippen LogP contribution >= 0.6 is 0 Å². The van der Waals surface area contributed by atoms with Crippen molar-refractivity contribution in [2.24, 2.45) is 11.7 Å². The average molecular weight is 1040 g/mol. The fraction of sp³-hybridized carbons (Fsp3) is 0.784. The summed E-state index contributed by atoms with van der Waals surface area (Å²) in [4.78, 5) is 103. The van der Waals surface area contributed by atoms with Gasteiger partial charge in [-0.25, -0.2) is 4.98 Å². The first-order valence-electron chi connectivity index (χ1n) is 26.7. The van der Waals surface area contributed by atoms with E-state index in [9.17, 15) is 43.5 Å². The lowest BCUT2D eigenvalue weighted by Gasteiger charge is -2.19. The number of nitrogens with two attached hydrogens (primary N) is 1. The first-order chi connectivity index (χ1) is 35.3. The molecule has 0 aliphatic carbocycles. The van der Waals surface area contributed by atoms with Gasteiger partial charge in [-0.1, -0.05) is 96.8 Å². The number of nitrogens with one attached hydrogen (secondary N) is 6. The number of carbonyl (C=O) groups excluding carboxylic acids is 6. The van der Waals surface area contributed by atoms with E-state index in [1.165, 1.54) is 83.4 Å². The van der Waals surface area contributed by atoms with Crippen molar-refractivity contribution in [1.29, 1.82) is 0 Å². The molecule has 1 heterocycles. The second kappa shape index (κ2) is 45.7. The highest BCUT2D eigenvalue weighted by Crippen LogP contribution is 2.17. The Labute approximate surface area is 432 Å². The summed E-state index contributed by atoms with van der Waals surface area (Å²) in [7, 11) is 0. The van der Waals surface area contributed by atoms with Crippen LogP contribution in [0.25, 0.3) is 0 Å². The third-order valence-corrected chi connectivity index (χ3v) is 11.9. The summed E-state index contributed by atoms with van der Waals surface area (Å²) in [6.45, 7) is 2.94. The summed E-state index contributed by atoms with van der Waals surface area (Å²) in [5.74, 6) is -5.14. The van der Waals surface area contributed by atoms with E-state index >= 15 is 0 Å². The van der Waals surface area contributed by atoms with E-state index in [-0.39, 0.29) is 134 Å². The Hall–Kier alpha value is -4.87. The Morgan fingerprint density at radius 2 is 1.14 bits per heavy atom. The van der Waals surface area contributed by atoms with Gasteiger partial charge < -0.3 is 61.1 Å². The van der Waals surface area contributed by atoms with Crippen LogP contribution in [0.4, 0.5) is 0 Å². The number of unbranched alkanes of at least 4 members (excludes halogenated alkanes) is 15. The molecule has 0 saturated heterocycles. The molecule has 22 nitrogen and oxygen atoms in total. The molecule has 0 saturated carbocycles. The first-order valence-corrected chi connectivity index (χ1v) is 26.7. The molecule has 418 valence electrons. The van der Waals surface area contributed by atoms with Crippen LogP contribution in [0.2, 0.25) is 0 Å². The minimum atomic E-state index is -1.21. The monoisotopic (exact) mass is 1040 g/mol. The Kier molecular flexibility index (Phi) is 41.4. The van der Waals surface area contributed by atoms with Gasteiger partial charge >= 0.3 is 11.9 Å². The van der Waals surface area contributed by atoms with Gasteiger partial charge in [0, 0.05) is 57.2 Å². The Balaban J connectivity index is 2.00. The summed E-state index contributed by atoms with van der Waals surface area (Å²) in [6, 6.07) is -1.67. The number of aromatic nitrogens is 2. The van der Waals surface area contributed by atoms with E-state index in [0.717, 1.165) is 19.3 Å². The second-order valence-corrected chi connectivity index (χ2v) is 18.3. The topological polar surface area (TPSA) is 329 Å². The van der Waals surface area contributed by atoms with Crippen molar-refractivity contribution in [2.75, 3.05) is 85.6 Å². The molecule has 1 rings (SSSR count). The molecule has 0 unspecified atom stereocenters. The molecule has 0 aromatic carbocycles. The van der Waals surface area contributed by atoms with Crippen LogP contribution in [0.1, 0.15) is 154 Å². The molecule has 0 fully saturated rings. The highest BCUT2D eigenvalue weighted by molar-refractivity contribution is 5.88. The summed E-state index contributed by atoms with van der Waals surface area (Å²) < 4.78 is 21.5. The number of ketones is 2. The molecule has 1 aromatic rings. The van der Waals surface area contributed by atoms with Gasteiger partial charge in [0.2, 0.25) is 23.6 Å². The van der Waals surface area contributed by atoms with Crippen LogP contribution in [-0.2, 0) is 63.7 Å². The number of aliphatic carboxylic acids is 2. The SMILES string of the molecule is CCCCCCCCCCCCCCCCCC(=O)C[C@@H](CCC(=O)NCCOCCOCC(=O)NCCOCCOCC(=O)NCCCC[C@H](NCC(=O)[C@@H](N)Cc1cnc[nH]1)C(=O)NCC(=O)O)C(=O)O. The van der Waals surface area contributed by atoms with Gasteiger partial charge in [0.25, 0.3) is 0 Å². The zero-order valence-corrected chi connectivity index (χ0v) is 43.7. The van der Waals surface area contributed by atoms with Gasteiger partial charge in [-0.2, -0.15) is 0 Å². The molecular weight excluding hydrogens is 949 g/mol. The van der Waals surface area contributed by atoms with E-state index in [0.29, 0.717) is 31.5 Å². The smallest absolute Gasteiger partial charge is 0.322 e. The van der Waals surface area contributed by atoms with Gasteiger partial charge in [-0.15, -0.1) is 0 Å². The Morgan fingerprint density at radius 1 is 0.603 bits per heavy atom. The highest BCUT2D eigenvalue weighted by atomic mass is 16.5.